The molecular formula is C22H22FN5O4. The lowest BCUT2D eigenvalue weighted by Gasteiger charge is -2.39. The van der Waals surface area contributed by atoms with Gasteiger partial charge < -0.3 is 20.5 Å². The van der Waals surface area contributed by atoms with Gasteiger partial charge in [0.2, 0.25) is 17.3 Å². The molecule has 1 saturated heterocycles. The van der Waals surface area contributed by atoms with Crippen molar-refractivity contribution in [3.05, 3.63) is 36.2 Å². The van der Waals surface area contributed by atoms with E-state index in [1.807, 2.05) is 6.07 Å². The number of Topliss-reactive ketones (excluding diaryl/α,β-unsaturated/α-hetero) is 1. The number of benzene rings is 1. The smallest absolute Gasteiger partial charge is 0.228 e. The quantitative estimate of drug-likeness (QED) is 0.588. The van der Waals surface area contributed by atoms with Gasteiger partial charge in [0.05, 0.1) is 11.3 Å². The van der Waals surface area contributed by atoms with Crippen molar-refractivity contribution < 1.29 is 23.8 Å². The van der Waals surface area contributed by atoms with E-state index in [2.05, 4.69) is 20.6 Å². The van der Waals surface area contributed by atoms with Gasteiger partial charge in [0.25, 0.3) is 0 Å². The lowest BCUT2D eigenvalue weighted by atomic mass is 9.86. The summed E-state index contributed by atoms with van der Waals surface area (Å²) in [7, 11) is 0. The summed E-state index contributed by atoms with van der Waals surface area (Å²) in [5, 5.41) is 24.6. The molecule has 1 aromatic carbocycles. The number of carbonyl (C=O) groups is 2. The van der Waals surface area contributed by atoms with Gasteiger partial charge in [0.1, 0.15) is 30.6 Å². The van der Waals surface area contributed by atoms with Gasteiger partial charge in [0.15, 0.2) is 6.17 Å². The minimum absolute atomic E-state index is 0.0240. The summed E-state index contributed by atoms with van der Waals surface area (Å²) in [6, 6.07) is 8.20. The van der Waals surface area contributed by atoms with Crippen LogP contribution in [0.15, 0.2) is 30.6 Å². The fraction of sp³-hybridized carbons (Fsp3) is 0.409. The fourth-order valence-corrected chi connectivity index (χ4v) is 3.66. The van der Waals surface area contributed by atoms with E-state index >= 15 is 0 Å². The van der Waals surface area contributed by atoms with Crippen molar-refractivity contribution in [2.24, 2.45) is 5.92 Å². The molecule has 2 heterocycles. The van der Waals surface area contributed by atoms with Gasteiger partial charge in [-0.2, -0.15) is 5.26 Å². The number of aromatic nitrogens is 2. The predicted octanol–water partition coefficient (Wildman–Crippen LogP) is 1.37. The molecule has 1 aliphatic heterocycles. The topological polar surface area (TPSA) is 137 Å². The summed E-state index contributed by atoms with van der Waals surface area (Å²) in [6.07, 6.45) is 1.39. The Kier molecular flexibility index (Phi) is 6.12. The number of alkyl halides is 1. The number of piperidine rings is 1. The average Bonchev–Trinajstić information content (AvgIpc) is 3.66. The first-order valence-electron chi connectivity index (χ1n) is 10.3. The number of anilines is 1. The van der Waals surface area contributed by atoms with Crippen LogP contribution in [0, 0.1) is 17.2 Å². The van der Waals surface area contributed by atoms with Crippen molar-refractivity contribution in [3.63, 3.8) is 0 Å². The van der Waals surface area contributed by atoms with Crippen LogP contribution in [0.2, 0.25) is 0 Å². The second kappa shape index (κ2) is 8.98. The van der Waals surface area contributed by atoms with Gasteiger partial charge in [-0.3, -0.25) is 9.59 Å². The lowest BCUT2D eigenvalue weighted by molar-refractivity contribution is -0.146. The highest BCUT2D eigenvalue weighted by atomic mass is 19.1. The molecule has 1 aliphatic carbocycles. The largest absolute Gasteiger partial charge is 0.475 e. The highest BCUT2D eigenvalue weighted by Crippen LogP contribution is 2.34. The van der Waals surface area contributed by atoms with E-state index in [4.69, 9.17) is 4.74 Å². The first-order chi connectivity index (χ1) is 15.5. The molecule has 32 heavy (non-hydrogen) atoms. The number of aliphatic hydroxyl groups excluding tert-OH is 1. The molecule has 2 atom stereocenters. The Bertz CT molecular complexity index is 1080. The summed E-state index contributed by atoms with van der Waals surface area (Å²) in [4.78, 5) is 32.6. The van der Waals surface area contributed by atoms with Crippen molar-refractivity contribution in [1.29, 1.82) is 5.26 Å². The number of hydrogen-bond acceptors (Lipinski definition) is 8. The van der Waals surface area contributed by atoms with Crippen LogP contribution in [0.1, 0.15) is 24.8 Å². The van der Waals surface area contributed by atoms with Gasteiger partial charge in [-0.05, 0) is 37.6 Å². The van der Waals surface area contributed by atoms with Crippen LogP contribution in [0.25, 0.3) is 11.3 Å². The van der Waals surface area contributed by atoms with Crippen LogP contribution < -0.4 is 15.4 Å². The van der Waals surface area contributed by atoms with Crippen LogP contribution in [-0.2, 0) is 9.59 Å². The minimum atomic E-state index is -1.86. The number of nitrogens with one attached hydrogen (secondary N) is 2. The summed E-state index contributed by atoms with van der Waals surface area (Å²) >= 11 is 0. The molecule has 2 fully saturated rings. The molecule has 1 aromatic heterocycles. The van der Waals surface area contributed by atoms with Gasteiger partial charge >= 0.3 is 0 Å². The number of hydrogen-bond donors (Lipinski definition) is 3. The molecular weight excluding hydrogens is 417 g/mol. The molecule has 2 aliphatic rings. The zero-order valence-electron chi connectivity index (χ0n) is 17.2. The van der Waals surface area contributed by atoms with Crippen LogP contribution in [0.5, 0.6) is 5.75 Å². The minimum Gasteiger partial charge on any atom is -0.475 e. The second-order valence-electron chi connectivity index (χ2n) is 7.87. The Balaban J connectivity index is 1.61. The second-order valence-corrected chi connectivity index (χ2v) is 7.87. The van der Waals surface area contributed by atoms with E-state index in [9.17, 15) is 24.3 Å². The van der Waals surface area contributed by atoms with Gasteiger partial charge in [-0.1, -0.05) is 0 Å². The molecule has 1 saturated carbocycles. The highest BCUT2D eigenvalue weighted by Gasteiger charge is 2.50. The van der Waals surface area contributed by atoms with Gasteiger partial charge in [-0.15, -0.1) is 0 Å². The number of aliphatic hydroxyl groups is 1. The van der Waals surface area contributed by atoms with Gasteiger partial charge in [0, 0.05) is 30.5 Å². The summed E-state index contributed by atoms with van der Waals surface area (Å²) in [5.41, 5.74) is -0.744. The third kappa shape index (κ3) is 4.30. The first kappa shape index (κ1) is 21.8. The molecule has 0 unspecified atom stereocenters. The molecule has 1 amide bonds. The van der Waals surface area contributed by atoms with E-state index in [-0.39, 0.29) is 36.1 Å². The van der Waals surface area contributed by atoms with Crippen LogP contribution >= 0.6 is 0 Å². The van der Waals surface area contributed by atoms with Crippen molar-refractivity contribution in [3.8, 4) is 23.1 Å². The Morgan fingerprint density at radius 3 is 2.84 bits per heavy atom. The molecule has 2 aromatic rings. The summed E-state index contributed by atoms with van der Waals surface area (Å²) in [6.45, 7) is -0.624. The van der Waals surface area contributed by atoms with Crippen LogP contribution in [0.4, 0.5) is 10.2 Å². The molecule has 4 rings (SSSR count). The van der Waals surface area contributed by atoms with Crippen molar-refractivity contribution in [1.82, 2.24) is 15.3 Å². The van der Waals surface area contributed by atoms with Crippen molar-refractivity contribution in [2.45, 2.75) is 31.0 Å². The van der Waals surface area contributed by atoms with Crippen molar-refractivity contribution >= 4 is 17.5 Å². The first-order valence-corrected chi connectivity index (χ1v) is 10.3. The Labute approximate surface area is 183 Å². The Hall–Kier alpha value is -3.42. The van der Waals surface area contributed by atoms with Crippen LogP contribution in [-0.4, -0.2) is 58.2 Å². The SMILES string of the molecule is N#Cc1cc(-c2cc(NC(=O)C3CC3)ncn2)ccc1O[C@@]1(C(=O)CO)CCNC[C@H]1F. The average molecular weight is 439 g/mol. The summed E-state index contributed by atoms with van der Waals surface area (Å²) < 4.78 is 20.6. The van der Waals surface area contributed by atoms with Gasteiger partial charge in [-0.25, -0.2) is 14.4 Å². The zero-order valence-corrected chi connectivity index (χ0v) is 17.2. The maximum Gasteiger partial charge on any atom is 0.228 e. The zero-order chi connectivity index (χ0) is 22.7. The van der Waals surface area contributed by atoms with Crippen molar-refractivity contribution in [2.75, 3.05) is 25.0 Å². The third-order valence-electron chi connectivity index (χ3n) is 5.67. The highest BCUT2D eigenvalue weighted by molar-refractivity contribution is 5.93. The number of ether oxygens (including phenoxy) is 1. The Morgan fingerprint density at radius 1 is 1.34 bits per heavy atom. The van der Waals surface area contributed by atoms with E-state index in [1.54, 1.807) is 12.1 Å². The Morgan fingerprint density at radius 2 is 2.16 bits per heavy atom. The number of halogens is 1. The number of nitrogens with zero attached hydrogens (tertiary/aromatic N) is 3. The molecule has 0 spiro atoms. The number of ketones is 1. The number of rotatable bonds is 7. The number of amides is 1. The predicted molar refractivity (Wildman–Crippen MR) is 111 cm³/mol. The molecule has 0 radical (unpaired) electrons. The molecule has 9 nitrogen and oxygen atoms in total. The third-order valence-corrected chi connectivity index (χ3v) is 5.67. The normalized spacial score (nSPS) is 22.6. The number of nitriles is 1. The number of carbonyl (C=O) groups excluding carboxylic acids is 2. The molecule has 10 heteroatoms. The fourth-order valence-electron chi connectivity index (χ4n) is 3.66. The maximum absolute atomic E-state index is 14.8. The maximum atomic E-state index is 14.8. The van der Waals surface area contributed by atoms with E-state index in [1.165, 1.54) is 18.5 Å². The molecule has 0 bridgehead atoms. The standard InChI is InChI=1S/C22H22FN5O4/c23-18-10-25-6-5-22(18,19(30)11-29)32-17-4-3-14(7-15(17)9-24)16-8-20(27-12-26-16)28-21(31)13-1-2-13/h3-4,7-8,12-13,18,25,29H,1-2,5-6,10-11H2,(H,26,27,28,31)/t18-,22+/m1/s1. The lowest BCUT2D eigenvalue weighted by Crippen LogP contribution is -2.61. The van der Waals surface area contributed by atoms with Crippen LogP contribution in [0.3, 0.4) is 0 Å². The summed E-state index contributed by atoms with van der Waals surface area (Å²) in [5.74, 6) is -0.436. The van der Waals surface area contributed by atoms with E-state index in [0.717, 1.165) is 12.8 Å². The van der Waals surface area contributed by atoms with E-state index < -0.39 is 24.2 Å². The molecule has 3 N–H and O–H groups in total. The monoisotopic (exact) mass is 439 g/mol. The van der Waals surface area contributed by atoms with E-state index in [0.29, 0.717) is 23.6 Å². The molecule has 166 valence electrons.